The fraction of sp³-hybridized carbons (Fsp3) is 0.176. The molecule has 126 valence electrons. The molecule has 7 heteroatoms. The fourth-order valence-electron chi connectivity index (χ4n) is 1.95. The molecule has 2 aromatic carbocycles. The summed E-state index contributed by atoms with van der Waals surface area (Å²) in [6.07, 6.45) is 0. The number of hydrogen-bond donors (Lipinski definition) is 1. The van der Waals surface area contributed by atoms with Crippen molar-refractivity contribution in [3.8, 4) is 0 Å². The number of benzene rings is 2. The molecule has 0 spiro atoms. The van der Waals surface area contributed by atoms with Crippen molar-refractivity contribution in [1.29, 1.82) is 0 Å². The summed E-state index contributed by atoms with van der Waals surface area (Å²) in [5.74, 6) is 0.0401. The van der Waals surface area contributed by atoms with Crippen molar-refractivity contribution in [2.24, 2.45) is 5.10 Å². The third kappa shape index (κ3) is 4.20. The van der Waals surface area contributed by atoms with Crippen LogP contribution in [0.2, 0.25) is 0 Å². The van der Waals surface area contributed by atoms with Crippen LogP contribution < -0.4 is 4.83 Å². The Morgan fingerprint density at radius 2 is 1.54 bits per heavy atom. The third-order valence-corrected chi connectivity index (χ3v) is 4.55. The van der Waals surface area contributed by atoms with Gasteiger partial charge in [0.15, 0.2) is 5.78 Å². The van der Waals surface area contributed by atoms with Crippen LogP contribution in [-0.4, -0.2) is 27.2 Å². The first kappa shape index (κ1) is 17.7. The van der Waals surface area contributed by atoms with Gasteiger partial charge in [-0.15, -0.1) is 5.10 Å². The van der Waals surface area contributed by atoms with Gasteiger partial charge in [0.05, 0.1) is 12.0 Å². The quantitative estimate of drug-likeness (QED) is 0.390. The Morgan fingerprint density at radius 1 is 1.00 bits per heavy atom. The van der Waals surface area contributed by atoms with E-state index in [1.807, 2.05) is 6.92 Å². The molecule has 0 heterocycles. The number of nitrogens with one attached hydrogen (secondary N) is 1. The second-order valence-electron chi connectivity index (χ2n) is 5.16. The monoisotopic (exact) mass is 346 g/mol. The lowest BCUT2D eigenvalue weighted by Crippen LogP contribution is -2.21. The zero-order valence-corrected chi connectivity index (χ0v) is 14.4. The number of ether oxygens (including phenoxy) is 1. The van der Waals surface area contributed by atoms with Crippen LogP contribution in [0, 0.1) is 6.92 Å². The van der Waals surface area contributed by atoms with Crippen molar-refractivity contribution in [1.82, 2.24) is 4.83 Å². The zero-order valence-electron chi connectivity index (χ0n) is 13.6. The number of Topliss-reactive ketones (excluding diaryl/α,β-unsaturated/α-hetero) is 1. The van der Waals surface area contributed by atoms with Crippen LogP contribution in [0.15, 0.2) is 58.5 Å². The van der Waals surface area contributed by atoms with E-state index in [1.165, 1.54) is 26.2 Å². The number of ketones is 1. The molecule has 2 rings (SSSR count). The molecule has 2 aromatic rings. The number of rotatable bonds is 5. The number of nitrogens with zero attached hydrogens (tertiary/aromatic N) is 1. The second kappa shape index (κ2) is 7.27. The molecule has 0 saturated carbocycles. The number of methoxy groups -OCH3 is 1. The van der Waals surface area contributed by atoms with Gasteiger partial charge in [0, 0.05) is 11.1 Å². The molecule has 0 bridgehead atoms. The summed E-state index contributed by atoms with van der Waals surface area (Å²) in [7, 11) is -2.40. The van der Waals surface area contributed by atoms with E-state index in [9.17, 15) is 13.2 Å². The Bertz CT molecular complexity index is 854. The van der Waals surface area contributed by atoms with Crippen LogP contribution in [0.25, 0.3) is 0 Å². The lowest BCUT2D eigenvalue weighted by Gasteiger charge is -2.08. The van der Waals surface area contributed by atoms with Crippen molar-refractivity contribution in [2.45, 2.75) is 18.7 Å². The molecule has 0 fully saturated rings. The Labute approximate surface area is 141 Å². The van der Waals surface area contributed by atoms with Crippen molar-refractivity contribution in [3.63, 3.8) is 0 Å². The molecule has 0 amide bonds. The number of carbonyl (C=O) groups excluding carboxylic acids is 1. The van der Waals surface area contributed by atoms with Crippen molar-refractivity contribution in [2.75, 3.05) is 7.11 Å². The molecule has 24 heavy (non-hydrogen) atoms. The minimum Gasteiger partial charge on any atom is -0.480 e. The summed E-state index contributed by atoms with van der Waals surface area (Å²) >= 11 is 0. The van der Waals surface area contributed by atoms with Crippen LogP contribution in [0.1, 0.15) is 28.4 Å². The van der Waals surface area contributed by atoms with E-state index in [-0.39, 0.29) is 16.6 Å². The van der Waals surface area contributed by atoms with E-state index in [1.54, 1.807) is 36.4 Å². The van der Waals surface area contributed by atoms with Gasteiger partial charge < -0.3 is 4.74 Å². The number of hydrazone groups is 1. The summed E-state index contributed by atoms with van der Waals surface area (Å²) in [5.41, 5.74) is 2.06. The highest BCUT2D eigenvalue weighted by atomic mass is 32.2. The van der Waals surface area contributed by atoms with Gasteiger partial charge in [-0.3, -0.25) is 4.79 Å². The van der Waals surface area contributed by atoms with Gasteiger partial charge in [-0.05, 0) is 38.1 Å². The predicted molar refractivity (Wildman–Crippen MR) is 91.5 cm³/mol. The van der Waals surface area contributed by atoms with Gasteiger partial charge in [-0.2, -0.15) is 13.2 Å². The highest BCUT2D eigenvalue weighted by molar-refractivity contribution is 7.89. The summed E-state index contributed by atoms with van der Waals surface area (Å²) in [6, 6.07) is 12.9. The summed E-state index contributed by atoms with van der Waals surface area (Å²) in [4.78, 5) is 13.5. The standard InChI is InChI=1S/C17H18N2O4S/c1-12-4-10-16(11-5-12)24(21,22)19-18-17(23-3)15-8-6-14(7-9-15)13(2)20/h4-11,19H,1-3H3. The SMILES string of the molecule is COC(=NNS(=O)(=O)c1ccc(C)cc1)c1ccc(C(C)=O)cc1. The molecule has 6 nitrogen and oxygen atoms in total. The first-order chi connectivity index (χ1) is 11.3. The van der Waals surface area contributed by atoms with E-state index in [4.69, 9.17) is 4.74 Å². The van der Waals surface area contributed by atoms with Crippen LogP contribution >= 0.6 is 0 Å². The highest BCUT2D eigenvalue weighted by Crippen LogP contribution is 2.11. The Morgan fingerprint density at radius 3 is 2.04 bits per heavy atom. The van der Waals surface area contributed by atoms with Crippen molar-refractivity contribution >= 4 is 21.7 Å². The third-order valence-electron chi connectivity index (χ3n) is 3.33. The fourth-order valence-corrected chi connectivity index (χ4v) is 2.75. The first-order valence-electron chi connectivity index (χ1n) is 7.15. The average molecular weight is 346 g/mol. The average Bonchev–Trinajstić information content (AvgIpc) is 2.56. The van der Waals surface area contributed by atoms with E-state index in [0.29, 0.717) is 11.1 Å². The number of carbonyl (C=O) groups is 1. The molecule has 0 atom stereocenters. The maximum atomic E-state index is 12.2. The Kier molecular flexibility index (Phi) is 5.35. The summed E-state index contributed by atoms with van der Waals surface area (Å²) < 4.78 is 29.6. The second-order valence-corrected chi connectivity index (χ2v) is 6.82. The van der Waals surface area contributed by atoms with Gasteiger partial charge in [-0.1, -0.05) is 29.8 Å². The van der Waals surface area contributed by atoms with Crippen LogP contribution in [0.4, 0.5) is 0 Å². The maximum absolute atomic E-state index is 12.2. The van der Waals surface area contributed by atoms with Gasteiger partial charge >= 0.3 is 0 Å². The molecule has 0 radical (unpaired) electrons. The van der Waals surface area contributed by atoms with E-state index < -0.39 is 10.0 Å². The molecule has 0 aliphatic carbocycles. The lowest BCUT2D eigenvalue weighted by atomic mass is 10.1. The van der Waals surface area contributed by atoms with Gasteiger partial charge in [0.1, 0.15) is 0 Å². The minimum absolute atomic E-state index is 0.0578. The topological polar surface area (TPSA) is 84.8 Å². The van der Waals surface area contributed by atoms with Crippen molar-refractivity contribution in [3.05, 3.63) is 65.2 Å². The van der Waals surface area contributed by atoms with E-state index in [2.05, 4.69) is 9.93 Å². The highest BCUT2D eigenvalue weighted by Gasteiger charge is 2.14. The number of hydrogen-bond acceptors (Lipinski definition) is 5. The van der Waals surface area contributed by atoms with Crippen LogP contribution in [0.3, 0.4) is 0 Å². The van der Waals surface area contributed by atoms with Crippen molar-refractivity contribution < 1.29 is 17.9 Å². The van der Waals surface area contributed by atoms with Gasteiger partial charge in [-0.25, -0.2) is 0 Å². The summed E-state index contributed by atoms with van der Waals surface area (Å²) in [5, 5.41) is 3.83. The van der Waals surface area contributed by atoms with Crippen LogP contribution in [0.5, 0.6) is 0 Å². The molecule has 0 aliphatic heterocycles. The minimum atomic E-state index is -3.78. The predicted octanol–water partition coefficient (Wildman–Crippen LogP) is 2.48. The molecular formula is C17H18N2O4S. The number of aryl methyl sites for hydroxylation is 1. The largest absolute Gasteiger partial charge is 0.480 e. The normalized spacial score (nSPS) is 11.9. The molecule has 0 aliphatic rings. The Balaban J connectivity index is 2.24. The smallest absolute Gasteiger partial charge is 0.276 e. The van der Waals surface area contributed by atoms with Gasteiger partial charge in [0.2, 0.25) is 5.90 Å². The molecule has 0 saturated heterocycles. The molecule has 0 aromatic heterocycles. The van der Waals surface area contributed by atoms with Gasteiger partial charge in [0.25, 0.3) is 10.0 Å². The number of sulfonamides is 1. The zero-order chi connectivity index (χ0) is 17.7. The Hall–Kier alpha value is -2.67. The lowest BCUT2D eigenvalue weighted by molar-refractivity contribution is 0.101. The molecule has 1 N–H and O–H groups in total. The van der Waals surface area contributed by atoms with E-state index in [0.717, 1.165) is 5.56 Å². The summed E-state index contributed by atoms with van der Waals surface area (Å²) in [6.45, 7) is 3.34. The maximum Gasteiger partial charge on any atom is 0.276 e. The molecule has 0 unspecified atom stereocenters. The first-order valence-corrected chi connectivity index (χ1v) is 8.63. The van der Waals surface area contributed by atoms with E-state index >= 15 is 0 Å². The molecular weight excluding hydrogens is 328 g/mol. The van der Waals surface area contributed by atoms with Crippen LogP contribution in [-0.2, 0) is 14.8 Å².